The Morgan fingerprint density at radius 3 is 2.67 bits per heavy atom. The number of hydrogen-bond donors (Lipinski definition) is 1. The van der Waals surface area contributed by atoms with Gasteiger partial charge in [-0.1, -0.05) is 18.2 Å². The molecule has 0 aliphatic carbocycles. The second-order valence-electron chi connectivity index (χ2n) is 5.75. The molecular formula is C19H21NO4. The number of rotatable bonds is 6. The molecular weight excluding hydrogens is 306 g/mol. The number of ether oxygens (including phenoxy) is 3. The lowest BCUT2D eigenvalue weighted by Gasteiger charge is -2.15. The second-order valence-corrected chi connectivity index (χ2v) is 5.75. The van der Waals surface area contributed by atoms with Crippen LogP contribution in [0.25, 0.3) is 0 Å². The van der Waals surface area contributed by atoms with Gasteiger partial charge in [0.1, 0.15) is 5.75 Å². The van der Waals surface area contributed by atoms with Crippen molar-refractivity contribution in [3.8, 4) is 17.2 Å². The van der Waals surface area contributed by atoms with Gasteiger partial charge in [0, 0.05) is 6.42 Å². The largest absolute Gasteiger partial charge is 0.497 e. The van der Waals surface area contributed by atoms with Gasteiger partial charge in [0.2, 0.25) is 12.7 Å². The number of aryl methyl sites for hydroxylation is 1. The second kappa shape index (κ2) is 7.25. The van der Waals surface area contributed by atoms with Crippen molar-refractivity contribution in [3.63, 3.8) is 0 Å². The molecule has 5 heteroatoms. The van der Waals surface area contributed by atoms with Crippen LogP contribution in [0.4, 0.5) is 0 Å². The van der Waals surface area contributed by atoms with Crippen LogP contribution < -0.4 is 19.5 Å². The summed E-state index contributed by atoms with van der Waals surface area (Å²) in [7, 11) is 1.64. The summed E-state index contributed by atoms with van der Waals surface area (Å²) in [5.74, 6) is 2.32. The minimum atomic E-state index is -0.0807. The Balaban J connectivity index is 1.52. The van der Waals surface area contributed by atoms with Crippen molar-refractivity contribution < 1.29 is 19.0 Å². The topological polar surface area (TPSA) is 56.8 Å². The molecule has 1 atom stereocenters. The van der Waals surface area contributed by atoms with E-state index in [-0.39, 0.29) is 18.7 Å². The molecule has 1 aliphatic heterocycles. The van der Waals surface area contributed by atoms with Crippen LogP contribution in [0.15, 0.2) is 42.5 Å². The van der Waals surface area contributed by atoms with Crippen LogP contribution in [-0.2, 0) is 11.2 Å². The van der Waals surface area contributed by atoms with E-state index in [0.29, 0.717) is 12.8 Å². The minimum absolute atomic E-state index is 0.0241. The van der Waals surface area contributed by atoms with Gasteiger partial charge < -0.3 is 19.5 Å². The SMILES string of the molecule is COc1ccc(CCC(=O)N[C@H](C)c2ccc3c(c2)OCO3)cc1. The first-order chi connectivity index (χ1) is 11.7. The van der Waals surface area contributed by atoms with E-state index in [1.54, 1.807) is 7.11 Å². The molecule has 3 rings (SSSR count). The summed E-state index contributed by atoms with van der Waals surface area (Å²) in [6.07, 6.45) is 1.14. The molecule has 0 bridgehead atoms. The standard InChI is InChI=1S/C19H21NO4/c1-13(15-6-9-17-18(11-15)24-12-23-17)20-19(21)10-5-14-3-7-16(22-2)8-4-14/h3-4,6-9,11,13H,5,10,12H2,1-2H3,(H,20,21)/t13-/m1/s1. The monoisotopic (exact) mass is 327 g/mol. The Hall–Kier alpha value is -2.69. The molecule has 24 heavy (non-hydrogen) atoms. The third kappa shape index (κ3) is 3.79. The van der Waals surface area contributed by atoms with E-state index in [4.69, 9.17) is 14.2 Å². The molecule has 2 aromatic carbocycles. The number of carbonyl (C=O) groups excluding carboxylic acids is 1. The molecule has 2 aromatic rings. The first-order valence-corrected chi connectivity index (χ1v) is 7.97. The van der Waals surface area contributed by atoms with Crippen LogP contribution in [0, 0.1) is 0 Å². The number of benzene rings is 2. The molecule has 0 saturated heterocycles. The summed E-state index contributed by atoms with van der Waals surface area (Å²) in [5.41, 5.74) is 2.11. The van der Waals surface area contributed by atoms with Crippen LogP contribution >= 0.6 is 0 Å². The van der Waals surface area contributed by atoms with Crippen molar-refractivity contribution in [1.29, 1.82) is 0 Å². The van der Waals surface area contributed by atoms with Crippen molar-refractivity contribution in [2.45, 2.75) is 25.8 Å². The van der Waals surface area contributed by atoms with Gasteiger partial charge >= 0.3 is 0 Å². The molecule has 0 unspecified atom stereocenters. The number of fused-ring (bicyclic) bond motifs is 1. The predicted octanol–water partition coefficient (Wildman–Crippen LogP) is 3.23. The zero-order valence-corrected chi connectivity index (χ0v) is 13.9. The average Bonchev–Trinajstić information content (AvgIpc) is 3.08. The van der Waals surface area contributed by atoms with Crippen molar-refractivity contribution >= 4 is 5.91 Å². The number of hydrogen-bond acceptors (Lipinski definition) is 4. The van der Waals surface area contributed by atoms with Crippen LogP contribution in [0.2, 0.25) is 0 Å². The quantitative estimate of drug-likeness (QED) is 0.885. The molecule has 1 heterocycles. The van der Waals surface area contributed by atoms with E-state index < -0.39 is 0 Å². The Bertz CT molecular complexity index is 712. The van der Waals surface area contributed by atoms with Gasteiger partial charge in [0.05, 0.1) is 13.2 Å². The van der Waals surface area contributed by atoms with Gasteiger partial charge in [-0.05, 0) is 48.7 Å². The van der Waals surface area contributed by atoms with Gasteiger partial charge in [-0.3, -0.25) is 4.79 Å². The van der Waals surface area contributed by atoms with Crippen LogP contribution in [0.5, 0.6) is 17.2 Å². The maximum absolute atomic E-state index is 12.2. The Labute approximate surface area is 141 Å². The highest BCUT2D eigenvalue weighted by molar-refractivity contribution is 5.76. The molecule has 126 valence electrons. The Morgan fingerprint density at radius 1 is 1.17 bits per heavy atom. The van der Waals surface area contributed by atoms with Gasteiger partial charge in [-0.25, -0.2) is 0 Å². The molecule has 1 N–H and O–H groups in total. The molecule has 0 radical (unpaired) electrons. The summed E-state index contributed by atoms with van der Waals surface area (Å²) < 4.78 is 15.8. The molecule has 0 fully saturated rings. The molecule has 5 nitrogen and oxygen atoms in total. The maximum Gasteiger partial charge on any atom is 0.231 e. The van der Waals surface area contributed by atoms with Gasteiger partial charge in [0.25, 0.3) is 0 Å². The summed E-state index contributed by atoms with van der Waals surface area (Å²) in [5, 5.41) is 3.02. The fourth-order valence-electron chi connectivity index (χ4n) is 2.63. The van der Waals surface area contributed by atoms with E-state index in [2.05, 4.69) is 5.32 Å². The highest BCUT2D eigenvalue weighted by atomic mass is 16.7. The summed E-state index contributed by atoms with van der Waals surface area (Å²) >= 11 is 0. The van der Waals surface area contributed by atoms with E-state index in [9.17, 15) is 4.79 Å². The van der Waals surface area contributed by atoms with Gasteiger partial charge in [-0.2, -0.15) is 0 Å². The lowest BCUT2D eigenvalue weighted by Crippen LogP contribution is -2.26. The molecule has 1 amide bonds. The summed E-state index contributed by atoms with van der Waals surface area (Å²) in [6.45, 7) is 2.21. The number of methoxy groups -OCH3 is 1. The van der Waals surface area contributed by atoms with Gasteiger partial charge in [-0.15, -0.1) is 0 Å². The summed E-state index contributed by atoms with van der Waals surface area (Å²) in [4.78, 5) is 12.2. The summed E-state index contributed by atoms with van der Waals surface area (Å²) in [6, 6.07) is 13.4. The molecule has 0 saturated carbocycles. The number of carbonyl (C=O) groups is 1. The van der Waals surface area contributed by atoms with Crippen LogP contribution in [0.1, 0.15) is 30.5 Å². The van der Waals surface area contributed by atoms with E-state index in [0.717, 1.165) is 28.4 Å². The Morgan fingerprint density at radius 2 is 1.92 bits per heavy atom. The first-order valence-electron chi connectivity index (χ1n) is 7.97. The third-order valence-corrected chi connectivity index (χ3v) is 4.07. The highest BCUT2D eigenvalue weighted by Gasteiger charge is 2.16. The smallest absolute Gasteiger partial charge is 0.231 e. The predicted molar refractivity (Wildman–Crippen MR) is 90.4 cm³/mol. The first kappa shape index (κ1) is 16.2. The molecule has 0 spiro atoms. The Kier molecular flexibility index (Phi) is 4.89. The van der Waals surface area contributed by atoms with E-state index in [1.807, 2.05) is 49.4 Å². The third-order valence-electron chi connectivity index (χ3n) is 4.07. The van der Waals surface area contributed by atoms with E-state index >= 15 is 0 Å². The number of amides is 1. The number of nitrogens with one attached hydrogen (secondary N) is 1. The molecule has 1 aliphatic rings. The lowest BCUT2D eigenvalue weighted by molar-refractivity contribution is -0.121. The zero-order chi connectivity index (χ0) is 16.9. The van der Waals surface area contributed by atoms with Crippen molar-refractivity contribution in [3.05, 3.63) is 53.6 Å². The minimum Gasteiger partial charge on any atom is -0.497 e. The highest BCUT2D eigenvalue weighted by Crippen LogP contribution is 2.34. The normalized spacial score (nSPS) is 13.4. The zero-order valence-electron chi connectivity index (χ0n) is 13.9. The van der Waals surface area contributed by atoms with Crippen molar-refractivity contribution in [1.82, 2.24) is 5.32 Å². The van der Waals surface area contributed by atoms with Crippen molar-refractivity contribution in [2.75, 3.05) is 13.9 Å². The van der Waals surface area contributed by atoms with E-state index in [1.165, 1.54) is 0 Å². The molecule has 0 aromatic heterocycles. The van der Waals surface area contributed by atoms with Crippen LogP contribution in [-0.4, -0.2) is 19.8 Å². The van der Waals surface area contributed by atoms with Crippen LogP contribution in [0.3, 0.4) is 0 Å². The fraction of sp³-hybridized carbons (Fsp3) is 0.316. The van der Waals surface area contributed by atoms with Crippen molar-refractivity contribution in [2.24, 2.45) is 0 Å². The lowest BCUT2D eigenvalue weighted by atomic mass is 10.1. The van der Waals surface area contributed by atoms with Gasteiger partial charge in [0.15, 0.2) is 11.5 Å². The average molecular weight is 327 g/mol. The fourth-order valence-corrected chi connectivity index (χ4v) is 2.63. The maximum atomic E-state index is 12.2.